The Bertz CT molecular complexity index is 316. The Morgan fingerprint density at radius 2 is 2.00 bits per heavy atom. The lowest BCUT2D eigenvalue weighted by molar-refractivity contribution is 0.829. The minimum absolute atomic E-state index is 0.447. The van der Waals surface area contributed by atoms with Crippen molar-refractivity contribution in [3.8, 4) is 0 Å². The number of hydrogen-bond acceptors (Lipinski definition) is 2. The molecule has 0 amide bonds. The highest BCUT2D eigenvalue weighted by Gasteiger charge is 2.21. The fourth-order valence-corrected chi connectivity index (χ4v) is 1.59. The van der Waals surface area contributed by atoms with Gasteiger partial charge < -0.3 is 4.90 Å². The molecule has 1 aromatic rings. The van der Waals surface area contributed by atoms with E-state index in [0.717, 1.165) is 6.67 Å². The van der Waals surface area contributed by atoms with Crippen molar-refractivity contribution in [1.82, 2.24) is 0 Å². The smallest absolute Gasteiger partial charge is 0.110 e. The molecule has 0 aliphatic carbocycles. The number of benzene rings is 1. The standard InChI is InChI=1S/C11H14N2/c1-9-10(2)13(8-12-9)11-6-4-3-5-7-11/h3-7,10H,8H2,1-2H3. The van der Waals surface area contributed by atoms with E-state index in [0.29, 0.717) is 6.04 Å². The van der Waals surface area contributed by atoms with Crippen LogP contribution in [0.15, 0.2) is 35.3 Å². The molecule has 0 saturated heterocycles. The molecule has 0 bridgehead atoms. The summed E-state index contributed by atoms with van der Waals surface area (Å²) in [6, 6.07) is 10.9. The molecule has 0 spiro atoms. The maximum atomic E-state index is 4.42. The second-order valence-corrected chi connectivity index (χ2v) is 3.42. The Kier molecular flexibility index (Phi) is 2.05. The van der Waals surface area contributed by atoms with Crippen molar-refractivity contribution < 1.29 is 0 Å². The first-order chi connectivity index (χ1) is 6.29. The first kappa shape index (κ1) is 8.30. The van der Waals surface area contributed by atoms with Gasteiger partial charge in [0, 0.05) is 11.4 Å². The lowest BCUT2D eigenvalue weighted by Gasteiger charge is -2.23. The van der Waals surface area contributed by atoms with E-state index in [-0.39, 0.29) is 0 Å². The number of anilines is 1. The predicted octanol–water partition coefficient (Wildman–Crippen LogP) is 2.31. The molecule has 0 radical (unpaired) electrons. The van der Waals surface area contributed by atoms with Gasteiger partial charge in [-0.25, -0.2) is 0 Å². The number of nitrogens with zero attached hydrogens (tertiary/aromatic N) is 2. The number of hydrogen-bond donors (Lipinski definition) is 0. The van der Waals surface area contributed by atoms with E-state index in [1.807, 2.05) is 6.07 Å². The quantitative estimate of drug-likeness (QED) is 0.638. The zero-order valence-corrected chi connectivity index (χ0v) is 8.07. The van der Waals surface area contributed by atoms with E-state index < -0.39 is 0 Å². The zero-order valence-electron chi connectivity index (χ0n) is 8.07. The van der Waals surface area contributed by atoms with Gasteiger partial charge >= 0.3 is 0 Å². The highest BCUT2D eigenvalue weighted by Crippen LogP contribution is 2.20. The van der Waals surface area contributed by atoms with Gasteiger partial charge in [-0.15, -0.1) is 0 Å². The van der Waals surface area contributed by atoms with Crippen LogP contribution in [0.25, 0.3) is 0 Å². The maximum absolute atomic E-state index is 4.42. The highest BCUT2D eigenvalue weighted by atomic mass is 15.3. The molecule has 2 nitrogen and oxygen atoms in total. The molecule has 1 heterocycles. The van der Waals surface area contributed by atoms with Crippen molar-refractivity contribution in [2.45, 2.75) is 19.9 Å². The van der Waals surface area contributed by atoms with Crippen LogP contribution in [0.4, 0.5) is 5.69 Å². The summed E-state index contributed by atoms with van der Waals surface area (Å²) in [6.07, 6.45) is 0. The molecule has 1 unspecified atom stereocenters. The van der Waals surface area contributed by atoms with E-state index in [9.17, 15) is 0 Å². The van der Waals surface area contributed by atoms with Crippen molar-refractivity contribution in [1.29, 1.82) is 0 Å². The molecule has 0 fully saturated rings. The van der Waals surface area contributed by atoms with E-state index in [1.165, 1.54) is 11.4 Å². The molecule has 68 valence electrons. The Morgan fingerprint density at radius 3 is 2.54 bits per heavy atom. The molecular weight excluding hydrogens is 160 g/mol. The van der Waals surface area contributed by atoms with Crippen LogP contribution in [0.3, 0.4) is 0 Å². The van der Waals surface area contributed by atoms with Crippen LogP contribution in [0, 0.1) is 0 Å². The predicted molar refractivity (Wildman–Crippen MR) is 56.4 cm³/mol. The third kappa shape index (κ3) is 1.44. The van der Waals surface area contributed by atoms with Crippen LogP contribution in [-0.2, 0) is 0 Å². The fraction of sp³-hybridized carbons (Fsp3) is 0.364. The van der Waals surface area contributed by atoms with E-state index in [1.54, 1.807) is 0 Å². The molecule has 1 atom stereocenters. The van der Waals surface area contributed by atoms with Crippen molar-refractivity contribution in [2.75, 3.05) is 11.6 Å². The van der Waals surface area contributed by atoms with Crippen LogP contribution in [0.5, 0.6) is 0 Å². The minimum Gasteiger partial charge on any atom is -0.344 e. The van der Waals surface area contributed by atoms with Gasteiger partial charge in [0.25, 0.3) is 0 Å². The third-order valence-corrected chi connectivity index (χ3v) is 2.63. The molecule has 1 aliphatic heterocycles. The van der Waals surface area contributed by atoms with Crippen LogP contribution >= 0.6 is 0 Å². The number of rotatable bonds is 1. The Morgan fingerprint density at radius 1 is 1.31 bits per heavy atom. The van der Waals surface area contributed by atoms with Gasteiger partial charge in [0.05, 0.1) is 6.04 Å². The van der Waals surface area contributed by atoms with Gasteiger partial charge in [0.1, 0.15) is 6.67 Å². The first-order valence-corrected chi connectivity index (χ1v) is 4.61. The van der Waals surface area contributed by atoms with Gasteiger partial charge in [0.15, 0.2) is 0 Å². The van der Waals surface area contributed by atoms with Crippen LogP contribution in [0.1, 0.15) is 13.8 Å². The van der Waals surface area contributed by atoms with Crippen LogP contribution < -0.4 is 4.90 Å². The SMILES string of the molecule is CC1=NCN(c2ccccc2)C1C. The van der Waals surface area contributed by atoms with E-state index in [4.69, 9.17) is 0 Å². The van der Waals surface area contributed by atoms with Crippen molar-refractivity contribution >= 4 is 11.4 Å². The van der Waals surface area contributed by atoms with Crippen LogP contribution in [-0.4, -0.2) is 18.4 Å². The summed E-state index contributed by atoms with van der Waals surface area (Å²) in [7, 11) is 0. The lowest BCUT2D eigenvalue weighted by Crippen LogP contribution is -2.31. The molecular formula is C11H14N2. The lowest BCUT2D eigenvalue weighted by atomic mass is 10.2. The molecule has 0 aromatic heterocycles. The summed E-state index contributed by atoms with van der Waals surface area (Å²) >= 11 is 0. The largest absolute Gasteiger partial charge is 0.344 e. The fourth-order valence-electron chi connectivity index (χ4n) is 1.59. The van der Waals surface area contributed by atoms with E-state index in [2.05, 4.69) is 48.0 Å². The normalized spacial score (nSPS) is 21.8. The van der Waals surface area contributed by atoms with Gasteiger partial charge in [-0.3, -0.25) is 4.99 Å². The number of aliphatic imine (C=N–C) groups is 1. The second-order valence-electron chi connectivity index (χ2n) is 3.42. The summed E-state index contributed by atoms with van der Waals surface area (Å²) in [5, 5.41) is 0. The van der Waals surface area contributed by atoms with Gasteiger partial charge in [0.2, 0.25) is 0 Å². The van der Waals surface area contributed by atoms with Gasteiger partial charge in [-0.05, 0) is 26.0 Å². The van der Waals surface area contributed by atoms with Crippen molar-refractivity contribution in [3.63, 3.8) is 0 Å². The minimum atomic E-state index is 0.447. The number of para-hydroxylation sites is 1. The molecule has 0 N–H and O–H groups in total. The van der Waals surface area contributed by atoms with E-state index >= 15 is 0 Å². The Labute approximate surface area is 78.9 Å². The Balaban J connectivity index is 2.22. The summed E-state index contributed by atoms with van der Waals surface area (Å²) in [5.74, 6) is 0. The van der Waals surface area contributed by atoms with Gasteiger partial charge in [-0.2, -0.15) is 0 Å². The average molecular weight is 174 g/mol. The monoisotopic (exact) mass is 174 g/mol. The summed E-state index contributed by atoms with van der Waals surface area (Å²) in [6.45, 7) is 5.09. The molecule has 2 heteroatoms. The zero-order chi connectivity index (χ0) is 9.26. The molecule has 13 heavy (non-hydrogen) atoms. The average Bonchev–Trinajstić information content (AvgIpc) is 2.49. The van der Waals surface area contributed by atoms with Crippen LogP contribution in [0.2, 0.25) is 0 Å². The highest BCUT2D eigenvalue weighted by molar-refractivity contribution is 5.92. The molecule has 2 rings (SSSR count). The summed E-state index contributed by atoms with van der Waals surface area (Å²) in [5.41, 5.74) is 2.49. The summed E-state index contributed by atoms with van der Waals surface area (Å²) in [4.78, 5) is 6.72. The van der Waals surface area contributed by atoms with Crippen molar-refractivity contribution in [2.24, 2.45) is 4.99 Å². The molecule has 0 saturated carbocycles. The maximum Gasteiger partial charge on any atom is 0.110 e. The van der Waals surface area contributed by atoms with Gasteiger partial charge in [-0.1, -0.05) is 18.2 Å². The second kappa shape index (κ2) is 3.21. The van der Waals surface area contributed by atoms with Crippen molar-refractivity contribution in [3.05, 3.63) is 30.3 Å². The summed E-state index contributed by atoms with van der Waals surface area (Å²) < 4.78 is 0. The topological polar surface area (TPSA) is 15.6 Å². The molecule has 1 aliphatic rings. The third-order valence-electron chi connectivity index (χ3n) is 2.63. The molecule has 1 aromatic carbocycles. The first-order valence-electron chi connectivity index (χ1n) is 4.61. The Hall–Kier alpha value is -1.31.